The first kappa shape index (κ1) is 15.7. The minimum atomic E-state index is -0.842. The topological polar surface area (TPSA) is 58.4 Å². The SMILES string of the molecule is O=C(O)c1ccccc1CN1CCCCC1CCn1cccn1. The average Bonchev–Trinajstić information content (AvgIpc) is 3.08. The van der Waals surface area contributed by atoms with E-state index < -0.39 is 5.97 Å². The van der Waals surface area contributed by atoms with E-state index in [4.69, 9.17) is 0 Å². The molecule has 5 heteroatoms. The Kier molecular flexibility index (Phi) is 5.08. The Balaban J connectivity index is 1.68. The van der Waals surface area contributed by atoms with E-state index in [1.54, 1.807) is 12.1 Å². The number of hydrogen-bond acceptors (Lipinski definition) is 3. The summed E-state index contributed by atoms with van der Waals surface area (Å²) in [6.45, 7) is 2.67. The minimum Gasteiger partial charge on any atom is -0.478 e. The smallest absolute Gasteiger partial charge is 0.336 e. The lowest BCUT2D eigenvalue weighted by atomic mass is 9.97. The molecule has 0 amide bonds. The van der Waals surface area contributed by atoms with Crippen LogP contribution in [0.15, 0.2) is 42.7 Å². The maximum Gasteiger partial charge on any atom is 0.336 e. The van der Waals surface area contributed by atoms with Gasteiger partial charge in [0.1, 0.15) is 0 Å². The van der Waals surface area contributed by atoms with Crippen molar-refractivity contribution in [3.8, 4) is 0 Å². The van der Waals surface area contributed by atoms with Gasteiger partial charge in [-0.1, -0.05) is 24.6 Å². The maximum absolute atomic E-state index is 11.4. The van der Waals surface area contributed by atoms with Crippen LogP contribution in [0.2, 0.25) is 0 Å². The van der Waals surface area contributed by atoms with Gasteiger partial charge in [0.25, 0.3) is 0 Å². The number of carbonyl (C=O) groups is 1. The van der Waals surface area contributed by atoms with Gasteiger partial charge in [-0.3, -0.25) is 9.58 Å². The summed E-state index contributed by atoms with van der Waals surface area (Å²) in [7, 11) is 0. The van der Waals surface area contributed by atoms with E-state index >= 15 is 0 Å². The van der Waals surface area contributed by atoms with Gasteiger partial charge in [0, 0.05) is 31.5 Å². The van der Waals surface area contributed by atoms with Gasteiger partial charge < -0.3 is 5.11 Å². The molecule has 3 rings (SSSR count). The van der Waals surface area contributed by atoms with Crippen molar-refractivity contribution in [1.29, 1.82) is 0 Å². The number of nitrogens with zero attached hydrogens (tertiary/aromatic N) is 3. The Labute approximate surface area is 136 Å². The predicted octanol–water partition coefficient (Wildman–Crippen LogP) is 3.03. The number of benzene rings is 1. The molecule has 1 N–H and O–H groups in total. The highest BCUT2D eigenvalue weighted by Gasteiger charge is 2.23. The van der Waals surface area contributed by atoms with E-state index in [1.165, 1.54) is 19.3 Å². The lowest BCUT2D eigenvalue weighted by Gasteiger charge is -2.36. The average molecular weight is 313 g/mol. The summed E-state index contributed by atoms with van der Waals surface area (Å²) >= 11 is 0. The molecule has 1 atom stereocenters. The highest BCUT2D eigenvalue weighted by Crippen LogP contribution is 2.23. The summed E-state index contributed by atoms with van der Waals surface area (Å²) in [5.74, 6) is -0.842. The van der Waals surface area contributed by atoms with Crippen molar-refractivity contribution in [2.75, 3.05) is 6.54 Å². The van der Waals surface area contributed by atoms with Gasteiger partial charge in [0.15, 0.2) is 0 Å². The highest BCUT2D eigenvalue weighted by atomic mass is 16.4. The summed E-state index contributed by atoms with van der Waals surface area (Å²) in [4.78, 5) is 13.8. The van der Waals surface area contributed by atoms with Gasteiger partial charge >= 0.3 is 5.97 Å². The molecule has 122 valence electrons. The van der Waals surface area contributed by atoms with Crippen LogP contribution in [0.4, 0.5) is 0 Å². The molecule has 0 bridgehead atoms. The van der Waals surface area contributed by atoms with Crippen LogP contribution in [0.3, 0.4) is 0 Å². The molecule has 1 aromatic heterocycles. The summed E-state index contributed by atoms with van der Waals surface area (Å²) in [6, 6.07) is 9.78. The van der Waals surface area contributed by atoms with E-state index in [2.05, 4.69) is 10.00 Å². The monoisotopic (exact) mass is 313 g/mol. The van der Waals surface area contributed by atoms with Crippen LogP contribution in [-0.4, -0.2) is 38.3 Å². The Morgan fingerprint density at radius 1 is 1.26 bits per heavy atom. The van der Waals surface area contributed by atoms with E-state index in [9.17, 15) is 9.90 Å². The third-order valence-electron chi connectivity index (χ3n) is 4.62. The van der Waals surface area contributed by atoms with E-state index in [1.807, 2.05) is 35.3 Å². The van der Waals surface area contributed by atoms with Crippen molar-refractivity contribution in [2.24, 2.45) is 0 Å². The van der Waals surface area contributed by atoms with Crippen molar-refractivity contribution in [3.63, 3.8) is 0 Å². The van der Waals surface area contributed by atoms with Crippen LogP contribution < -0.4 is 0 Å². The third-order valence-corrected chi connectivity index (χ3v) is 4.62. The zero-order chi connectivity index (χ0) is 16.1. The normalized spacial score (nSPS) is 18.9. The summed E-state index contributed by atoms with van der Waals surface area (Å²) in [6.07, 6.45) is 8.47. The molecule has 1 aliphatic rings. The Morgan fingerprint density at radius 2 is 2.13 bits per heavy atom. The molecule has 2 heterocycles. The fourth-order valence-corrected chi connectivity index (χ4v) is 3.39. The molecule has 1 unspecified atom stereocenters. The molecule has 0 spiro atoms. The van der Waals surface area contributed by atoms with Crippen molar-refractivity contribution >= 4 is 5.97 Å². The molecule has 1 aliphatic heterocycles. The number of carboxylic acid groups (broad SMARTS) is 1. The number of piperidine rings is 1. The maximum atomic E-state index is 11.4. The number of likely N-dealkylation sites (tertiary alicyclic amines) is 1. The van der Waals surface area contributed by atoms with Crippen LogP contribution in [0.1, 0.15) is 41.6 Å². The largest absolute Gasteiger partial charge is 0.478 e. The second-order valence-electron chi connectivity index (χ2n) is 6.14. The van der Waals surface area contributed by atoms with Gasteiger partial charge in [0.2, 0.25) is 0 Å². The van der Waals surface area contributed by atoms with Gasteiger partial charge in [-0.2, -0.15) is 5.10 Å². The van der Waals surface area contributed by atoms with E-state index in [0.29, 0.717) is 18.2 Å². The third kappa shape index (κ3) is 3.99. The molecule has 2 aromatic rings. The minimum absolute atomic E-state index is 0.420. The second-order valence-corrected chi connectivity index (χ2v) is 6.14. The molecule has 1 aromatic carbocycles. The van der Waals surface area contributed by atoms with Crippen molar-refractivity contribution < 1.29 is 9.90 Å². The van der Waals surface area contributed by atoms with Gasteiger partial charge in [0.05, 0.1) is 5.56 Å². The molecule has 23 heavy (non-hydrogen) atoms. The molecular weight excluding hydrogens is 290 g/mol. The fraction of sp³-hybridized carbons (Fsp3) is 0.444. The number of aromatic carboxylic acids is 1. The first-order valence-electron chi connectivity index (χ1n) is 8.27. The quantitative estimate of drug-likeness (QED) is 0.890. The lowest BCUT2D eigenvalue weighted by molar-refractivity contribution is 0.0691. The summed E-state index contributed by atoms with van der Waals surface area (Å²) in [5, 5.41) is 13.6. The summed E-state index contributed by atoms with van der Waals surface area (Å²) in [5.41, 5.74) is 1.33. The van der Waals surface area contributed by atoms with E-state index in [0.717, 1.165) is 25.1 Å². The van der Waals surface area contributed by atoms with Crippen LogP contribution in [0, 0.1) is 0 Å². The standard InChI is InChI=1S/C18H23N3O2/c22-18(23)17-8-2-1-6-15(17)14-20-11-4-3-7-16(20)9-13-21-12-5-10-19-21/h1-2,5-6,8,10,12,16H,3-4,7,9,11,13-14H2,(H,22,23). The Morgan fingerprint density at radius 3 is 2.91 bits per heavy atom. The fourth-order valence-electron chi connectivity index (χ4n) is 3.39. The van der Waals surface area contributed by atoms with Crippen LogP contribution in [0.25, 0.3) is 0 Å². The van der Waals surface area contributed by atoms with Gasteiger partial charge in [-0.25, -0.2) is 4.79 Å². The van der Waals surface area contributed by atoms with E-state index in [-0.39, 0.29) is 0 Å². The second kappa shape index (κ2) is 7.42. The Bertz CT molecular complexity index is 639. The molecular formula is C18H23N3O2. The van der Waals surface area contributed by atoms with Gasteiger partial charge in [-0.15, -0.1) is 0 Å². The molecule has 0 radical (unpaired) electrons. The first-order chi connectivity index (χ1) is 11.2. The van der Waals surface area contributed by atoms with Crippen molar-refractivity contribution in [3.05, 3.63) is 53.9 Å². The molecule has 1 saturated heterocycles. The van der Waals surface area contributed by atoms with Crippen LogP contribution in [-0.2, 0) is 13.1 Å². The molecule has 5 nitrogen and oxygen atoms in total. The van der Waals surface area contributed by atoms with Crippen LogP contribution >= 0.6 is 0 Å². The number of carboxylic acids is 1. The predicted molar refractivity (Wildman–Crippen MR) is 88.3 cm³/mol. The Hall–Kier alpha value is -2.14. The zero-order valence-corrected chi connectivity index (χ0v) is 13.3. The lowest BCUT2D eigenvalue weighted by Crippen LogP contribution is -2.39. The van der Waals surface area contributed by atoms with Crippen molar-refractivity contribution in [2.45, 2.75) is 44.8 Å². The number of aromatic nitrogens is 2. The zero-order valence-electron chi connectivity index (χ0n) is 13.3. The van der Waals surface area contributed by atoms with Crippen molar-refractivity contribution in [1.82, 2.24) is 14.7 Å². The number of aryl methyl sites for hydroxylation is 1. The number of hydrogen-bond donors (Lipinski definition) is 1. The molecule has 0 saturated carbocycles. The first-order valence-corrected chi connectivity index (χ1v) is 8.27. The number of rotatable bonds is 6. The van der Waals surface area contributed by atoms with Crippen LogP contribution in [0.5, 0.6) is 0 Å². The highest BCUT2D eigenvalue weighted by molar-refractivity contribution is 5.89. The molecule has 0 aliphatic carbocycles. The van der Waals surface area contributed by atoms with Gasteiger partial charge in [-0.05, 0) is 43.5 Å². The summed E-state index contributed by atoms with van der Waals surface area (Å²) < 4.78 is 1.97. The molecule has 1 fully saturated rings.